The van der Waals surface area contributed by atoms with E-state index in [2.05, 4.69) is 30.2 Å². The number of fused-ring (bicyclic) bond motifs is 1. The Morgan fingerprint density at radius 2 is 1.64 bits per heavy atom. The van der Waals surface area contributed by atoms with Crippen LogP contribution in [0.25, 0.3) is 20.8 Å². The van der Waals surface area contributed by atoms with Gasteiger partial charge in [-0.25, -0.2) is 15.0 Å². The number of carbonyl (C=O) groups is 1. The van der Waals surface area contributed by atoms with E-state index < -0.39 is 19.3 Å². The lowest BCUT2D eigenvalue weighted by atomic mass is 9.86. The lowest BCUT2D eigenvalue weighted by Crippen LogP contribution is -2.66. The molecule has 0 bridgehead atoms. The molecule has 1 fully saturated rings. The van der Waals surface area contributed by atoms with E-state index >= 15 is 0 Å². The van der Waals surface area contributed by atoms with Crippen LogP contribution < -0.4 is 15.7 Å². The summed E-state index contributed by atoms with van der Waals surface area (Å²) in [6.45, 7) is 4.25. The van der Waals surface area contributed by atoms with E-state index in [0.717, 1.165) is 31.2 Å². The maximum atomic E-state index is 13.5. The minimum absolute atomic E-state index is 0.237. The molecule has 2 aromatic heterocycles. The first-order valence-corrected chi connectivity index (χ1v) is 19.7. The minimum Gasteiger partial charge on any atom is -0.469 e. The number of hydrogen-bond donors (Lipinski definition) is 2. The first-order chi connectivity index (χ1) is 22.7. The molecule has 11 heteroatoms. The molecule has 4 atom stereocenters. The molecule has 0 unspecified atom stereocenters. The van der Waals surface area contributed by atoms with Crippen LogP contribution in [0.5, 0.6) is 0 Å². The van der Waals surface area contributed by atoms with Gasteiger partial charge < -0.3 is 19.6 Å². The highest BCUT2D eigenvalue weighted by atomic mass is 32.2. The first kappa shape index (κ1) is 33.3. The summed E-state index contributed by atoms with van der Waals surface area (Å²) in [4.78, 5) is 40.7. The zero-order valence-corrected chi connectivity index (χ0v) is 29.8. The van der Waals surface area contributed by atoms with Crippen LogP contribution in [0.3, 0.4) is 0 Å². The highest BCUT2D eigenvalue weighted by molar-refractivity contribution is 7.98. The van der Waals surface area contributed by atoms with Gasteiger partial charge in [-0.2, -0.15) is 0 Å². The Kier molecular flexibility index (Phi) is 9.82. The van der Waals surface area contributed by atoms with Gasteiger partial charge in [0.05, 0.1) is 41.0 Å². The van der Waals surface area contributed by atoms with Gasteiger partial charge in [-0.05, 0) is 46.6 Å². The van der Waals surface area contributed by atoms with Gasteiger partial charge in [-0.3, -0.25) is 4.79 Å². The van der Waals surface area contributed by atoms with Crippen LogP contribution in [0.4, 0.5) is 5.82 Å². The predicted molar refractivity (Wildman–Crippen MR) is 193 cm³/mol. The van der Waals surface area contributed by atoms with Crippen molar-refractivity contribution in [3.8, 4) is 10.6 Å². The zero-order valence-electron chi connectivity index (χ0n) is 27.2. The molecule has 244 valence electrons. The monoisotopic (exact) mass is 684 g/mol. The molecule has 3 aromatic carbocycles. The van der Waals surface area contributed by atoms with Crippen LogP contribution in [-0.4, -0.2) is 66.7 Å². The maximum Gasteiger partial charge on any atom is 0.309 e. The second-order valence-electron chi connectivity index (χ2n) is 12.6. The lowest BCUT2D eigenvalue weighted by Gasteiger charge is -2.44. The Labute approximate surface area is 285 Å². The average molecular weight is 685 g/mol. The Morgan fingerprint density at radius 1 is 1.00 bits per heavy atom. The number of nitrogens with one attached hydrogen (secondary N) is 1. The van der Waals surface area contributed by atoms with Gasteiger partial charge in [0.1, 0.15) is 10.8 Å². The van der Waals surface area contributed by atoms with Crippen LogP contribution in [0.2, 0.25) is 5.04 Å². The number of nitrogens with zero attached hydrogens (tertiary/aromatic N) is 3. The van der Waals surface area contributed by atoms with Gasteiger partial charge in [0.2, 0.25) is 0 Å². The Balaban J connectivity index is 1.38. The molecule has 1 saturated carbocycles. The molecule has 0 radical (unpaired) electrons. The molecule has 2 heterocycles. The lowest BCUT2D eigenvalue weighted by molar-refractivity contribution is -0.147. The predicted octanol–water partition coefficient (Wildman–Crippen LogP) is 6.00. The molecule has 0 spiro atoms. The maximum absolute atomic E-state index is 13.5. The normalized spacial score (nSPS) is 20.0. The van der Waals surface area contributed by atoms with Crippen LogP contribution >= 0.6 is 23.1 Å². The van der Waals surface area contributed by atoms with Crippen molar-refractivity contribution < 1.29 is 19.1 Å². The molecule has 1 aliphatic rings. The van der Waals surface area contributed by atoms with E-state index in [1.165, 1.54) is 18.9 Å². The van der Waals surface area contributed by atoms with Crippen LogP contribution in [-0.2, 0) is 14.3 Å². The van der Waals surface area contributed by atoms with E-state index in [9.17, 15) is 9.59 Å². The fourth-order valence-corrected chi connectivity index (χ4v) is 12.3. The van der Waals surface area contributed by atoms with Crippen molar-refractivity contribution in [2.45, 2.75) is 49.0 Å². The molecule has 8 nitrogen and oxygen atoms in total. The third-order valence-corrected chi connectivity index (χ3v) is 15.7. The van der Waals surface area contributed by atoms with Crippen molar-refractivity contribution in [2.75, 3.05) is 25.8 Å². The van der Waals surface area contributed by atoms with Gasteiger partial charge in [-0.15, -0.1) is 11.3 Å². The summed E-state index contributed by atoms with van der Waals surface area (Å²) in [6.07, 6.45) is 4.43. The number of esters is 1. The molecule has 1 aliphatic carbocycles. The van der Waals surface area contributed by atoms with Gasteiger partial charge in [0.15, 0.2) is 5.16 Å². The summed E-state index contributed by atoms with van der Waals surface area (Å²) in [5, 5.41) is 6.39. The van der Waals surface area contributed by atoms with Gasteiger partial charge >= 0.3 is 5.97 Å². The number of anilines is 1. The number of methoxy groups -OCH3 is 2. The van der Waals surface area contributed by atoms with E-state index in [0.29, 0.717) is 23.8 Å². The summed E-state index contributed by atoms with van der Waals surface area (Å²) in [5.74, 6) is -0.308. The highest BCUT2D eigenvalue weighted by Crippen LogP contribution is 2.49. The molecular formula is C36H40N4O4S2Si. The number of hydrogen-bond acceptors (Lipinski definition) is 10. The summed E-state index contributed by atoms with van der Waals surface area (Å²) in [5.41, 5.74) is 1.72. The smallest absolute Gasteiger partial charge is 0.309 e. The Morgan fingerprint density at radius 3 is 2.23 bits per heavy atom. The van der Waals surface area contributed by atoms with Crippen molar-refractivity contribution >= 4 is 63.8 Å². The third-order valence-electron chi connectivity index (χ3n) is 9.52. The summed E-state index contributed by atoms with van der Waals surface area (Å²) in [7, 11) is -0.220. The number of benzene rings is 3. The summed E-state index contributed by atoms with van der Waals surface area (Å²) < 4.78 is 12.7. The molecule has 47 heavy (non-hydrogen) atoms. The molecular weight excluding hydrogens is 645 g/mol. The van der Waals surface area contributed by atoms with Crippen molar-refractivity contribution in [1.29, 1.82) is 0 Å². The van der Waals surface area contributed by atoms with Crippen molar-refractivity contribution in [2.24, 2.45) is 11.8 Å². The molecule has 0 saturated heterocycles. The largest absolute Gasteiger partial charge is 0.469 e. The standard InChI is InChI=1S/C36H40N4O4S2Si/c1-36(2,47(42,23-14-8-6-9-15-23)24-16-10-7-11-17-24)21-26-25(34(41)44-4)20-29(31(26)43-3)38-32-27(22-37-35(40-32)45-5)33-39-28-18-12-13-19-30(28)46-33/h6-19,22,25-26,29,31,42H,20-21H2,1-5H3,(H,37,38,40)/t25-,26+,29+,31+/m0/s1. The number of aromatic nitrogens is 3. The van der Waals surface area contributed by atoms with Crippen molar-refractivity contribution in [1.82, 2.24) is 15.0 Å². The number of para-hydroxylation sites is 1. The molecule has 0 aliphatic heterocycles. The topological polar surface area (TPSA) is 106 Å². The quantitative estimate of drug-likeness (QED) is 0.0750. The third kappa shape index (κ3) is 6.34. The number of ether oxygens (including phenoxy) is 2. The molecule has 5 aromatic rings. The number of rotatable bonds is 11. The van der Waals surface area contributed by atoms with Gasteiger partial charge in [0.25, 0.3) is 8.32 Å². The summed E-state index contributed by atoms with van der Waals surface area (Å²) in [6, 6.07) is 27.7. The van der Waals surface area contributed by atoms with E-state index in [1.54, 1.807) is 18.4 Å². The highest BCUT2D eigenvalue weighted by Gasteiger charge is 2.56. The van der Waals surface area contributed by atoms with Crippen LogP contribution in [0, 0.1) is 11.8 Å². The number of thiazole rings is 1. The molecule has 0 amide bonds. The summed E-state index contributed by atoms with van der Waals surface area (Å²) >= 11 is 3.06. The Hall–Kier alpha value is -3.61. The van der Waals surface area contributed by atoms with Crippen LogP contribution in [0.1, 0.15) is 26.7 Å². The van der Waals surface area contributed by atoms with Crippen molar-refractivity contribution in [3.05, 3.63) is 91.1 Å². The second-order valence-corrected chi connectivity index (χ2v) is 18.3. The second kappa shape index (κ2) is 13.9. The molecule has 6 rings (SSSR count). The number of carbonyl (C=O) groups excluding carboxylic acids is 1. The number of thioether (sulfide) groups is 1. The molecule has 2 N–H and O–H groups in total. The zero-order chi connectivity index (χ0) is 33.2. The minimum atomic E-state index is -3.35. The van der Waals surface area contributed by atoms with Gasteiger partial charge in [-0.1, -0.05) is 98.4 Å². The first-order valence-electron chi connectivity index (χ1n) is 15.7. The van der Waals surface area contributed by atoms with E-state index in [-0.39, 0.29) is 24.0 Å². The fraction of sp³-hybridized carbons (Fsp3) is 0.333. The fourth-order valence-electron chi connectivity index (χ4n) is 7.21. The van der Waals surface area contributed by atoms with Crippen LogP contribution in [0.15, 0.2) is 96.3 Å². The van der Waals surface area contributed by atoms with Crippen molar-refractivity contribution in [3.63, 3.8) is 0 Å². The van der Waals surface area contributed by atoms with E-state index in [4.69, 9.17) is 19.4 Å². The Bertz CT molecular complexity index is 1770. The van der Waals surface area contributed by atoms with Gasteiger partial charge in [0, 0.05) is 19.2 Å². The average Bonchev–Trinajstić information content (AvgIpc) is 3.68. The van der Waals surface area contributed by atoms with E-state index in [1.807, 2.05) is 91.3 Å². The SMILES string of the molecule is COC(=O)[C@H]1C[C@@H](Nc2nc(SC)ncc2-c2nc3ccccc3s2)[C@H](OC)[C@@H]1CC(C)(C)[Si](O)(c1ccccc1)c1ccccc1.